The van der Waals surface area contributed by atoms with Gasteiger partial charge in [-0.25, -0.2) is 4.79 Å². The first-order valence-electron chi connectivity index (χ1n) is 5.18. The highest BCUT2D eigenvalue weighted by molar-refractivity contribution is 5.71. The van der Waals surface area contributed by atoms with Gasteiger partial charge < -0.3 is 10.1 Å². The molecule has 3 nitrogen and oxygen atoms in total. The molecular formula is C12H15NO2. The zero-order valence-corrected chi connectivity index (χ0v) is 9.04. The van der Waals surface area contributed by atoms with Crippen molar-refractivity contribution in [2.45, 2.75) is 25.8 Å². The second-order valence-corrected chi connectivity index (χ2v) is 4.00. The highest BCUT2D eigenvalue weighted by Crippen LogP contribution is 2.29. The van der Waals surface area contributed by atoms with Crippen LogP contribution in [0.5, 0.6) is 0 Å². The molecular weight excluding hydrogens is 190 g/mol. The first-order valence-corrected chi connectivity index (χ1v) is 5.18. The van der Waals surface area contributed by atoms with Crippen LogP contribution in [0.15, 0.2) is 24.3 Å². The van der Waals surface area contributed by atoms with Crippen LogP contribution in [0.4, 0.5) is 4.79 Å². The molecule has 1 fully saturated rings. The van der Waals surface area contributed by atoms with E-state index in [0.717, 1.165) is 12.0 Å². The zero-order chi connectivity index (χ0) is 10.9. The zero-order valence-electron chi connectivity index (χ0n) is 9.04. The van der Waals surface area contributed by atoms with Gasteiger partial charge in [-0.15, -0.1) is 0 Å². The largest absolute Gasteiger partial charge is 0.447 e. The van der Waals surface area contributed by atoms with Gasteiger partial charge >= 0.3 is 6.09 Å². The molecule has 15 heavy (non-hydrogen) atoms. The molecule has 1 aromatic carbocycles. The third kappa shape index (κ3) is 1.69. The Bertz CT molecular complexity index is 372. The number of hydrogen-bond acceptors (Lipinski definition) is 2. The topological polar surface area (TPSA) is 38.3 Å². The maximum atomic E-state index is 11.1. The highest BCUT2D eigenvalue weighted by Gasteiger charge is 2.39. The van der Waals surface area contributed by atoms with Crippen LogP contribution < -0.4 is 5.32 Å². The lowest BCUT2D eigenvalue weighted by Gasteiger charge is -2.25. The van der Waals surface area contributed by atoms with Crippen LogP contribution in [-0.4, -0.2) is 12.7 Å². The van der Waals surface area contributed by atoms with Gasteiger partial charge in [0.05, 0.1) is 0 Å². The standard InChI is InChI=1S/C12H15NO2/c1-3-12(8-15-11(14)13-12)10-6-4-9(2)5-7-10/h4-7H,3,8H2,1-2H3,(H,13,14). The van der Waals surface area contributed by atoms with E-state index in [9.17, 15) is 4.79 Å². The SMILES string of the molecule is CCC1(c2ccc(C)cc2)COC(=O)N1. The van der Waals surface area contributed by atoms with Crippen LogP contribution in [-0.2, 0) is 10.3 Å². The number of benzene rings is 1. The van der Waals surface area contributed by atoms with Crippen molar-refractivity contribution in [3.8, 4) is 0 Å². The highest BCUT2D eigenvalue weighted by atomic mass is 16.6. The number of cyclic esters (lactones) is 1. The predicted molar refractivity (Wildman–Crippen MR) is 57.6 cm³/mol. The van der Waals surface area contributed by atoms with Crippen molar-refractivity contribution in [1.82, 2.24) is 5.32 Å². The molecule has 0 aromatic heterocycles. The summed E-state index contributed by atoms with van der Waals surface area (Å²) in [6.45, 7) is 4.52. The van der Waals surface area contributed by atoms with Crippen LogP contribution >= 0.6 is 0 Å². The number of amides is 1. The van der Waals surface area contributed by atoms with E-state index in [1.54, 1.807) is 0 Å². The van der Waals surface area contributed by atoms with Crippen LogP contribution in [0.2, 0.25) is 0 Å². The molecule has 0 bridgehead atoms. The lowest BCUT2D eigenvalue weighted by atomic mass is 9.88. The molecule has 1 aliphatic rings. The quantitative estimate of drug-likeness (QED) is 0.804. The molecule has 0 spiro atoms. The molecule has 80 valence electrons. The van der Waals surface area contributed by atoms with Crippen LogP contribution in [0.3, 0.4) is 0 Å². The van der Waals surface area contributed by atoms with Crippen LogP contribution in [0.1, 0.15) is 24.5 Å². The van der Waals surface area contributed by atoms with Gasteiger partial charge in [-0.3, -0.25) is 0 Å². The Kier molecular flexibility index (Phi) is 2.39. The number of nitrogens with one attached hydrogen (secondary N) is 1. The summed E-state index contributed by atoms with van der Waals surface area (Å²) < 4.78 is 4.99. The smallest absolute Gasteiger partial charge is 0.408 e. The maximum absolute atomic E-state index is 11.1. The first-order chi connectivity index (χ1) is 7.16. The molecule has 1 saturated heterocycles. The van der Waals surface area contributed by atoms with Gasteiger partial charge in [0.2, 0.25) is 0 Å². The Balaban J connectivity index is 2.34. The minimum Gasteiger partial charge on any atom is -0.447 e. The molecule has 1 atom stereocenters. The summed E-state index contributed by atoms with van der Waals surface area (Å²) in [7, 11) is 0. The van der Waals surface area contributed by atoms with Crippen molar-refractivity contribution < 1.29 is 9.53 Å². The van der Waals surface area contributed by atoms with Gasteiger partial charge in [-0.05, 0) is 18.9 Å². The van der Waals surface area contributed by atoms with Crippen LogP contribution in [0.25, 0.3) is 0 Å². The summed E-state index contributed by atoms with van der Waals surface area (Å²) in [4.78, 5) is 11.1. The third-order valence-electron chi connectivity index (χ3n) is 3.00. The monoisotopic (exact) mass is 205 g/mol. The molecule has 2 rings (SSSR count). The molecule has 1 unspecified atom stereocenters. The fourth-order valence-corrected chi connectivity index (χ4v) is 1.88. The van der Waals surface area contributed by atoms with E-state index in [1.807, 2.05) is 19.1 Å². The van der Waals surface area contributed by atoms with Crippen molar-refractivity contribution in [3.05, 3.63) is 35.4 Å². The third-order valence-corrected chi connectivity index (χ3v) is 3.00. The second-order valence-electron chi connectivity index (χ2n) is 4.00. The number of carbonyl (C=O) groups is 1. The number of alkyl carbamates (subject to hydrolysis) is 1. The second kappa shape index (κ2) is 3.57. The van der Waals surface area contributed by atoms with Crippen LogP contribution in [0, 0.1) is 6.92 Å². The average molecular weight is 205 g/mol. The normalized spacial score (nSPS) is 24.8. The molecule has 0 saturated carbocycles. The summed E-state index contributed by atoms with van der Waals surface area (Å²) in [5.41, 5.74) is 2.00. The summed E-state index contributed by atoms with van der Waals surface area (Å²) in [6.07, 6.45) is 0.513. The molecule has 1 N–H and O–H groups in total. The molecule has 0 radical (unpaired) electrons. The molecule has 3 heteroatoms. The fourth-order valence-electron chi connectivity index (χ4n) is 1.88. The van der Waals surface area contributed by atoms with Gasteiger partial charge in [0.15, 0.2) is 0 Å². The lowest BCUT2D eigenvalue weighted by molar-refractivity contribution is 0.171. The minimum absolute atomic E-state index is 0.322. The van der Waals surface area contributed by atoms with E-state index in [0.29, 0.717) is 6.61 Å². The van der Waals surface area contributed by atoms with Crippen molar-refractivity contribution in [3.63, 3.8) is 0 Å². The number of ether oxygens (including phenoxy) is 1. The Morgan fingerprint density at radius 1 is 1.40 bits per heavy atom. The molecule has 1 aliphatic heterocycles. The van der Waals surface area contributed by atoms with Crippen molar-refractivity contribution in [2.75, 3.05) is 6.61 Å². The summed E-state index contributed by atoms with van der Waals surface area (Å²) in [5, 5.41) is 2.89. The summed E-state index contributed by atoms with van der Waals surface area (Å²) in [5.74, 6) is 0. The molecule has 1 amide bonds. The first kappa shape index (κ1) is 10.0. The molecule has 0 aliphatic carbocycles. The molecule has 1 aromatic rings. The number of rotatable bonds is 2. The van der Waals surface area contributed by atoms with E-state index < -0.39 is 0 Å². The van der Waals surface area contributed by atoms with E-state index in [4.69, 9.17) is 4.74 Å². The van der Waals surface area contributed by atoms with Gasteiger partial charge in [0, 0.05) is 0 Å². The van der Waals surface area contributed by atoms with Gasteiger partial charge in [-0.1, -0.05) is 36.8 Å². The number of hydrogen-bond donors (Lipinski definition) is 1. The lowest BCUT2D eigenvalue weighted by Crippen LogP contribution is -2.39. The van der Waals surface area contributed by atoms with Crippen molar-refractivity contribution >= 4 is 6.09 Å². The number of aryl methyl sites for hydroxylation is 1. The number of carbonyl (C=O) groups excluding carboxylic acids is 1. The predicted octanol–water partition coefficient (Wildman–Crippen LogP) is 2.34. The van der Waals surface area contributed by atoms with Gasteiger partial charge in [0.1, 0.15) is 12.1 Å². The van der Waals surface area contributed by atoms with Gasteiger partial charge in [0.25, 0.3) is 0 Å². The summed E-state index contributed by atoms with van der Waals surface area (Å²) >= 11 is 0. The van der Waals surface area contributed by atoms with E-state index in [-0.39, 0.29) is 11.6 Å². The molecule has 1 heterocycles. The Morgan fingerprint density at radius 2 is 2.07 bits per heavy atom. The van der Waals surface area contributed by atoms with E-state index in [1.165, 1.54) is 5.56 Å². The summed E-state index contributed by atoms with van der Waals surface area (Å²) in [6, 6.07) is 8.20. The Hall–Kier alpha value is -1.51. The fraction of sp³-hybridized carbons (Fsp3) is 0.417. The van der Waals surface area contributed by atoms with Crippen molar-refractivity contribution in [2.24, 2.45) is 0 Å². The minimum atomic E-state index is -0.329. The van der Waals surface area contributed by atoms with E-state index >= 15 is 0 Å². The Morgan fingerprint density at radius 3 is 2.53 bits per heavy atom. The van der Waals surface area contributed by atoms with Gasteiger partial charge in [-0.2, -0.15) is 0 Å². The maximum Gasteiger partial charge on any atom is 0.408 e. The van der Waals surface area contributed by atoms with E-state index in [2.05, 4.69) is 24.4 Å². The Labute approximate surface area is 89.4 Å². The average Bonchev–Trinajstić information content (AvgIpc) is 2.62. The van der Waals surface area contributed by atoms with Crippen molar-refractivity contribution in [1.29, 1.82) is 0 Å².